The van der Waals surface area contributed by atoms with Crippen LogP contribution in [0.25, 0.3) is 0 Å². The summed E-state index contributed by atoms with van der Waals surface area (Å²) in [4.78, 5) is 1.81. The predicted molar refractivity (Wildman–Crippen MR) is 182 cm³/mol. The van der Waals surface area contributed by atoms with Crippen LogP contribution in [-0.4, -0.2) is 65.5 Å². The van der Waals surface area contributed by atoms with Gasteiger partial charge in [0.1, 0.15) is 6.23 Å². The van der Waals surface area contributed by atoms with E-state index < -0.39 is 12.3 Å². The molecule has 0 aromatic heterocycles. The van der Waals surface area contributed by atoms with E-state index in [4.69, 9.17) is 4.74 Å². The summed E-state index contributed by atoms with van der Waals surface area (Å²) in [5.74, 6) is 0. The molecule has 5 nitrogen and oxygen atoms in total. The summed E-state index contributed by atoms with van der Waals surface area (Å²) in [6.45, 7) is 6.26. The van der Waals surface area contributed by atoms with Crippen molar-refractivity contribution in [2.45, 2.75) is 206 Å². The van der Waals surface area contributed by atoms with E-state index in [1.807, 2.05) is 0 Å². The number of ether oxygens (including phenoxy) is 1. The topological polar surface area (TPSA) is 73.2 Å². The van der Waals surface area contributed by atoms with Crippen molar-refractivity contribution in [1.82, 2.24) is 4.90 Å². The average molecular weight is 600 g/mol. The third-order valence-corrected chi connectivity index (χ3v) is 8.77. The standard InChI is InChI=1S/C37H77NO4/c1-3-5-7-9-11-13-15-17-19-21-23-25-27-29-33-42-35-36(40)34-38(31-32-39)37(41)30-28-26-24-22-20-18-16-14-12-10-8-6-4-2/h36-37,39-41H,3-35H2,1-2H3. The van der Waals surface area contributed by atoms with Crippen molar-refractivity contribution in [2.24, 2.45) is 0 Å². The van der Waals surface area contributed by atoms with Crippen LogP contribution in [0.3, 0.4) is 0 Å². The maximum atomic E-state index is 10.6. The molecule has 0 aliphatic rings. The number of aliphatic hydroxyl groups excluding tert-OH is 3. The van der Waals surface area contributed by atoms with Crippen LogP contribution in [0.1, 0.15) is 194 Å². The fourth-order valence-electron chi connectivity index (χ4n) is 5.96. The molecule has 0 heterocycles. The largest absolute Gasteiger partial charge is 0.395 e. The number of hydrogen-bond acceptors (Lipinski definition) is 5. The van der Waals surface area contributed by atoms with Gasteiger partial charge in [-0.3, -0.25) is 4.90 Å². The van der Waals surface area contributed by atoms with Crippen LogP contribution in [0.2, 0.25) is 0 Å². The molecule has 0 bridgehead atoms. The summed E-state index contributed by atoms with van der Waals surface area (Å²) in [5.41, 5.74) is 0. The fraction of sp³-hybridized carbons (Fsp3) is 1.00. The SMILES string of the molecule is CCCCCCCCCCCCCCCCOCC(O)CN(CCO)C(O)CCCCCCCCCCCCCCC. The van der Waals surface area contributed by atoms with Crippen molar-refractivity contribution in [1.29, 1.82) is 0 Å². The lowest BCUT2D eigenvalue weighted by Crippen LogP contribution is -2.43. The van der Waals surface area contributed by atoms with E-state index in [1.54, 1.807) is 4.90 Å². The molecule has 0 amide bonds. The third-order valence-electron chi connectivity index (χ3n) is 8.77. The van der Waals surface area contributed by atoms with Gasteiger partial charge in [-0.25, -0.2) is 0 Å². The van der Waals surface area contributed by atoms with Gasteiger partial charge >= 0.3 is 0 Å². The van der Waals surface area contributed by atoms with Crippen LogP contribution in [0.4, 0.5) is 0 Å². The average Bonchev–Trinajstić information content (AvgIpc) is 2.99. The lowest BCUT2D eigenvalue weighted by Gasteiger charge is -2.29. The van der Waals surface area contributed by atoms with Gasteiger partial charge in [0.05, 0.1) is 19.3 Å². The summed E-state index contributed by atoms with van der Waals surface area (Å²) >= 11 is 0. The second-order valence-electron chi connectivity index (χ2n) is 13.1. The Morgan fingerprint density at radius 3 is 1.24 bits per heavy atom. The zero-order chi connectivity index (χ0) is 30.8. The van der Waals surface area contributed by atoms with Gasteiger partial charge in [-0.05, 0) is 19.3 Å². The Kier molecular flexibility index (Phi) is 35.1. The monoisotopic (exact) mass is 600 g/mol. The van der Waals surface area contributed by atoms with E-state index in [1.165, 1.54) is 154 Å². The van der Waals surface area contributed by atoms with Gasteiger partial charge in [0.25, 0.3) is 0 Å². The van der Waals surface area contributed by atoms with Gasteiger partial charge in [-0.2, -0.15) is 0 Å². The molecule has 2 atom stereocenters. The molecule has 0 aromatic rings. The van der Waals surface area contributed by atoms with Crippen molar-refractivity contribution in [3.63, 3.8) is 0 Å². The van der Waals surface area contributed by atoms with E-state index >= 15 is 0 Å². The summed E-state index contributed by atoms with van der Waals surface area (Å²) < 4.78 is 5.72. The minimum absolute atomic E-state index is 0.0116. The maximum Gasteiger partial charge on any atom is 0.107 e. The van der Waals surface area contributed by atoms with E-state index in [0.717, 1.165) is 19.3 Å². The van der Waals surface area contributed by atoms with Crippen LogP contribution in [-0.2, 0) is 4.74 Å². The van der Waals surface area contributed by atoms with Gasteiger partial charge in [0, 0.05) is 19.7 Å². The second-order valence-corrected chi connectivity index (χ2v) is 13.1. The molecule has 0 aliphatic heterocycles. The first-order valence-corrected chi connectivity index (χ1v) is 18.9. The minimum Gasteiger partial charge on any atom is -0.395 e. The van der Waals surface area contributed by atoms with Gasteiger partial charge < -0.3 is 20.1 Å². The maximum absolute atomic E-state index is 10.6. The Balaban J connectivity index is 3.61. The van der Waals surface area contributed by atoms with Gasteiger partial charge in [0.15, 0.2) is 0 Å². The molecule has 0 radical (unpaired) electrons. The van der Waals surface area contributed by atoms with Crippen LogP contribution < -0.4 is 0 Å². The molecular weight excluding hydrogens is 522 g/mol. The van der Waals surface area contributed by atoms with Crippen molar-refractivity contribution in [3.8, 4) is 0 Å². The smallest absolute Gasteiger partial charge is 0.107 e. The fourth-order valence-corrected chi connectivity index (χ4v) is 5.96. The van der Waals surface area contributed by atoms with E-state index in [9.17, 15) is 15.3 Å². The number of nitrogens with zero attached hydrogens (tertiary/aromatic N) is 1. The number of aliphatic hydroxyl groups is 3. The number of unbranched alkanes of at least 4 members (excludes halogenated alkanes) is 25. The highest BCUT2D eigenvalue weighted by molar-refractivity contribution is 4.68. The lowest BCUT2D eigenvalue weighted by atomic mass is 10.0. The highest BCUT2D eigenvalue weighted by Crippen LogP contribution is 2.15. The van der Waals surface area contributed by atoms with Crippen molar-refractivity contribution >= 4 is 0 Å². The quantitative estimate of drug-likeness (QED) is 0.0494. The zero-order valence-corrected chi connectivity index (χ0v) is 28.7. The van der Waals surface area contributed by atoms with E-state index in [0.29, 0.717) is 32.7 Å². The highest BCUT2D eigenvalue weighted by atomic mass is 16.5. The van der Waals surface area contributed by atoms with Gasteiger partial charge in [-0.15, -0.1) is 0 Å². The van der Waals surface area contributed by atoms with Crippen LogP contribution >= 0.6 is 0 Å². The summed E-state index contributed by atoms with van der Waals surface area (Å²) in [6, 6.07) is 0. The van der Waals surface area contributed by atoms with Crippen molar-refractivity contribution in [3.05, 3.63) is 0 Å². The van der Waals surface area contributed by atoms with E-state index in [2.05, 4.69) is 13.8 Å². The molecule has 0 fully saturated rings. The first-order valence-electron chi connectivity index (χ1n) is 18.9. The van der Waals surface area contributed by atoms with Crippen LogP contribution in [0, 0.1) is 0 Å². The molecule has 0 spiro atoms. The minimum atomic E-state index is -0.635. The highest BCUT2D eigenvalue weighted by Gasteiger charge is 2.18. The first kappa shape index (κ1) is 41.8. The molecule has 0 saturated carbocycles. The molecule has 0 saturated heterocycles. The molecule has 0 aromatic carbocycles. The van der Waals surface area contributed by atoms with Crippen molar-refractivity contribution in [2.75, 3.05) is 32.9 Å². The number of rotatable bonds is 36. The zero-order valence-electron chi connectivity index (χ0n) is 28.7. The molecular formula is C37H77NO4. The lowest BCUT2D eigenvalue weighted by molar-refractivity contribution is -0.0525. The van der Waals surface area contributed by atoms with E-state index in [-0.39, 0.29) is 6.61 Å². The molecule has 3 N–H and O–H groups in total. The summed E-state index contributed by atoms with van der Waals surface area (Å²) in [7, 11) is 0. The molecule has 254 valence electrons. The van der Waals surface area contributed by atoms with Crippen LogP contribution in [0.5, 0.6) is 0 Å². The first-order chi connectivity index (χ1) is 20.7. The Morgan fingerprint density at radius 2 is 0.857 bits per heavy atom. The molecule has 42 heavy (non-hydrogen) atoms. The summed E-state index contributed by atoms with van der Waals surface area (Å²) in [6.07, 6.45) is 35.4. The normalized spacial score (nSPS) is 13.3. The van der Waals surface area contributed by atoms with Gasteiger partial charge in [0.2, 0.25) is 0 Å². The molecule has 0 aliphatic carbocycles. The molecule has 5 heteroatoms. The third kappa shape index (κ3) is 31.2. The Bertz CT molecular complexity index is 492. The number of hydrogen-bond donors (Lipinski definition) is 3. The Labute approximate surface area is 263 Å². The Morgan fingerprint density at radius 1 is 0.500 bits per heavy atom. The van der Waals surface area contributed by atoms with Crippen molar-refractivity contribution < 1.29 is 20.1 Å². The molecule has 0 rings (SSSR count). The summed E-state index contributed by atoms with van der Waals surface area (Å²) in [5, 5.41) is 30.5. The second kappa shape index (κ2) is 35.3. The Hall–Kier alpha value is -0.200. The molecule has 2 unspecified atom stereocenters. The van der Waals surface area contributed by atoms with Crippen LogP contribution in [0.15, 0.2) is 0 Å². The van der Waals surface area contributed by atoms with Gasteiger partial charge in [-0.1, -0.05) is 174 Å². The predicted octanol–water partition coefficient (Wildman–Crippen LogP) is 9.94.